The van der Waals surface area contributed by atoms with Crippen LogP contribution in [0.5, 0.6) is 0 Å². The van der Waals surface area contributed by atoms with Gasteiger partial charge in [-0.2, -0.15) is 5.26 Å². The van der Waals surface area contributed by atoms with Crippen LogP contribution in [0.3, 0.4) is 0 Å². The van der Waals surface area contributed by atoms with Crippen LogP contribution in [0.2, 0.25) is 0 Å². The molecule has 1 aliphatic rings. The van der Waals surface area contributed by atoms with Gasteiger partial charge in [0, 0.05) is 0 Å². The second kappa shape index (κ2) is 2.42. The molecule has 0 saturated heterocycles. The molecule has 4 nitrogen and oxygen atoms in total. The highest BCUT2D eigenvalue weighted by molar-refractivity contribution is 7.71. The van der Waals surface area contributed by atoms with Crippen LogP contribution in [-0.2, 0) is 5.41 Å². The monoisotopic (exact) mass is 181 g/mol. The Labute approximate surface area is 74.2 Å². The van der Waals surface area contributed by atoms with E-state index in [1.807, 2.05) is 0 Å². The molecular weight excluding hydrogens is 174 g/mol. The van der Waals surface area contributed by atoms with Gasteiger partial charge in [0.2, 0.25) is 5.89 Å². The number of aromatic amines is 1. The van der Waals surface area contributed by atoms with Crippen molar-refractivity contribution in [3.05, 3.63) is 10.7 Å². The summed E-state index contributed by atoms with van der Waals surface area (Å²) >= 11 is 4.73. The van der Waals surface area contributed by atoms with Gasteiger partial charge in [-0.05, 0) is 31.5 Å². The zero-order valence-electron chi connectivity index (χ0n) is 6.33. The molecule has 1 N–H and O–H groups in total. The van der Waals surface area contributed by atoms with Crippen LogP contribution in [0.4, 0.5) is 0 Å². The first-order valence-corrected chi connectivity index (χ1v) is 4.15. The summed E-state index contributed by atoms with van der Waals surface area (Å²) < 4.78 is 5.11. The molecule has 0 aromatic carbocycles. The van der Waals surface area contributed by atoms with Gasteiger partial charge in [-0.25, -0.2) is 5.10 Å². The van der Waals surface area contributed by atoms with Gasteiger partial charge in [0.1, 0.15) is 5.41 Å². The second-order valence-corrected chi connectivity index (χ2v) is 3.34. The Balaban J connectivity index is 2.42. The molecule has 0 bridgehead atoms. The van der Waals surface area contributed by atoms with E-state index in [2.05, 4.69) is 16.3 Å². The fourth-order valence-electron chi connectivity index (χ4n) is 1.34. The molecule has 2 rings (SSSR count). The molecule has 12 heavy (non-hydrogen) atoms. The normalized spacial score (nSPS) is 19.6. The van der Waals surface area contributed by atoms with Crippen molar-refractivity contribution < 1.29 is 4.42 Å². The molecule has 1 saturated carbocycles. The number of aromatic nitrogens is 2. The third-order valence-electron chi connectivity index (χ3n) is 2.27. The number of hydrogen-bond donors (Lipinski definition) is 1. The molecule has 1 aromatic heterocycles. The maximum atomic E-state index is 8.90. The Hall–Kier alpha value is -1.15. The smallest absolute Gasteiger partial charge is 0.284 e. The first-order valence-electron chi connectivity index (χ1n) is 3.74. The lowest BCUT2D eigenvalue weighted by Crippen LogP contribution is -2.32. The summed E-state index contributed by atoms with van der Waals surface area (Å²) in [6.07, 6.45) is 2.71. The summed E-state index contributed by atoms with van der Waals surface area (Å²) in [6, 6.07) is 2.22. The summed E-state index contributed by atoms with van der Waals surface area (Å²) in [4.78, 5) is 0.242. The highest BCUT2D eigenvalue weighted by Gasteiger charge is 2.43. The fourth-order valence-corrected chi connectivity index (χ4v) is 1.46. The largest absolute Gasteiger partial charge is 0.412 e. The molecule has 1 aliphatic carbocycles. The third-order valence-corrected chi connectivity index (χ3v) is 2.44. The van der Waals surface area contributed by atoms with E-state index in [1.165, 1.54) is 0 Å². The first kappa shape index (κ1) is 7.50. The maximum absolute atomic E-state index is 8.90. The van der Waals surface area contributed by atoms with E-state index in [0.29, 0.717) is 5.89 Å². The molecule has 0 atom stereocenters. The van der Waals surface area contributed by atoms with Crippen LogP contribution in [-0.4, -0.2) is 10.2 Å². The van der Waals surface area contributed by atoms with Gasteiger partial charge >= 0.3 is 0 Å². The molecule has 5 heteroatoms. The van der Waals surface area contributed by atoms with Crippen molar-refractivity contribution in [2.24, 2.45) is 0 Å². The van der Waals surface area contributed by atoms with Crippen molar-refractivity contribution in [1.29, 1.82) is 5.26 Å². The predicted molar refractivity (Wildman–Crippen MR) is 42.8 cm³/mol. The van der Waals surface area contributed by atoms with Crippen LogP contribution < -0.4 is 0 Å². The van der Waals surface area contributed by atoms with E-state index in [-0.39, 0.29) is 4.84 Å². The first-order chi connectivity index (χ1) is 5.77. The lowest BCUT2D eigenvalue weighted by atomic mass is 9.70. The molecule has 1 fully saturated rings. The zero-order valence-corrected chi connectivity index (χ0v) is 7.15. The standard InChI is InChI=1S/C7H7N3OS/c8-4-7(2-1-3-7)5-9-10-6(12)11-5/h1-3H2,(H,10,12). The molecular formula is C7H7N3OS. The Bertz CT molecular complexity index is 382. The lowest BCUT2D eigenvalue weighted by Gasteiger charge is -2.30. The zero-order chi connectivity index (χ0) is 8.60. The minimum atomic E-state index is -0.492. The van der Waals surface area contributed by atoms with Crippen molar-refractivity contribution in [3.8, 4) is 6.07 Å². The van der Waals surface area contributed by atoms with Gasteiger partial charge in [0.15, 0.2) is 0 Å². The minimum Gasteiger partial charge on any atom is -0.412 e. The average molecular weight is 181 g/mol. The number of H-pyrrole nitrogens is 1. The Kier molecular flexibility index (Phi) is 1.51. The maximum Gasteiger partial charge on any atom is 0.284 e. The van der Waals surface area contributed by atoms with E-state index < -0.39 is 5.41 Å². The summed E-state index contributed by atoms with van der Waals surface area (Å²) in [5.41, 5.74) is -0.492. The molecule has 0 spiro atoms. The minimum absolute atomic E-state index is 0.242. The molecule has 0 aliphatic heterocycles. The molecule has 0 unspecified atom stereocenters. The van der Waals surface area contributed by atoms with Gasteiger partial charge < -0.3 is 4.42 Å². The van der Waals surface area contributed by atoms with E-state index in [1.54, 1.807) is 0 Å². The highest BCUT2D eigenvalue weighted by atomic mass is 32.1. The van der Waals surface area contributed by atoms with E-state index in [4.69, 9.17) is 21.9 Å². The number of nitriles is 1. The van der Waals surface area contributed by atoms with Crippen LogP contribution >= 0.6 is 12.2 Å². The number of nitrogens with one attached hydrogen (secondary N) is 1. The number of nitrogens with zero attached hydrogens (tertiary/aromatic N) is 2. The van der Waals surface area contributed by atoms with Gasteiger partial charge in [0.25, 0.3) is 4.84 Å². The van der Waals surface area contributed by atoms with Gasteiger partial charge in [-0.3, -0.25) is 0 Å². The molecule has 0 radical (unpaired) electrons. The third kappa shape index (κ3) is 0.883. The average Bonchev–Trinajstić information content (AvgIpc) is 2.35. The van der Waals surface area contributed by atoms with Crippen molar-refractivity contribution in [1.82, 2.24) is 10.2 Å². The van der Waals surface area contributed by atoms with Crippen LogP contribution in [0.15, 0.2) is 4.42 Å². The number of hydrogen-bond acceptors (Lipinski definition) is 4. The lowest BCUT2D eigenvalue weighted by molar-refractivity contribution is 0.256. The van der Waals surface area contributed by atoms with Crippen LogP contribution in [0.25, 0.3) is 0 Å². The van der Waals surface area contributed by atoms with E-state index in [9.17, 15) is 0 Å². The fraction of sp³-hybridized carbons (Fsp3) is 0.571. The quantitative estimate of drug-likeness (QED) is 0.669. The highest BCUT2D eigenvalue weighted by Crippen LogP contribution is 2.41. The Morgan fingerprint density at radius 3 is 2.75 bits per heavy atom. The Morgan fingerprint density at radius 1 is 1.67 bits per heavy atom. The molecule has 62 valence electrons. The van der Waals surface area contributed by atoms with Crippen LogP contribution in [0, 0.1) is 16.2 Å². The van der Waals surface area contributed by atoms with Crippen molar-refractivity contribution >= 4 is 12.2 Å². The molecule has 1 heterocycles. The van der Waals surface area contributed by atoms with Crippen LogP contribution in [0.1, 0.15) is 25.2 Å². The summed E-state index contributed by atoms with van der Waals surface area (Å²) in [5, 5.41) is 15.3. The van der Waals surface area contributed by atoms with Crippen molar-refractivity contribution in [3.63, 3.8) is 0 Å². The van der Waals surface area contributed by atoms with Gasteiger partial charge in [-0.15, -0.1) is 5.10 Å². The molecule has 1 aromatic rings. The number of rotatable bonds is 1. The second-order valence-electron chi connectivity index (χ2n) is 2.97. The van der Waals surface area contributed by atoms with E-state index in [0.717, 1.165) is 19.3 Å². The van der Waals surface area contributed by atoms with Crippen molar-refractivity contribution in [2.75, 3.05) is 0 Å². The van der Waals surface area contributed by atoms with Gasteiger partial charge in [-0.1, -0.05) is 0 Å². The topological polar surface area (TPSA) is 65.6 Å². The van der Waals surface area contributed by atoms with Crippen molar-refractivity contribution in [2.45, 2.75) is 24.7 Å². The van der Waals surface area contributed by atoms with Gasteiger partial charge in [0.05, 0.1) is 6.07 Å². The predicted octanol–water partition coefficient (Wildman–Crippen LogP) is 1.68. The summed E-state index contributed by atoms with van der Waals surface area (Å²) in [7, 11) is 0. The molecule has 0 amide bonds. The van der Waals surface area contributed by atoms with E-state index >= 15 is 0 Å². The SMILES string of the molecule is N#CC1(c2n[nH]c(=S)o2)CCC1. The Morgan fingerprint density at radius 2 is 2.42 bits per heavy atom. The summed E-state index contributed by atoms with van der Waals surface area (Å²) in [6.45, 7) is 0. The summed E-state index contributed by atoms with van der Waals surface area (Å²) in [5.74, 6) is 0.446.